The molecule has 1 amide bonds. The number of carbonyl (C=O) groups excluding carboxylic acids is 1. The zero-order valence-corrected chi connectivity index (χ0v) is 10.1. The minimum absolute atomic E-state index is 0.118. The molecule has 1 aromatic heterocycles. The zero-order chi connectivity index (χ0) is 11.3. The van der Waals surface area contributed by atoms with Crippen molar-refractivity contribution in [3.05, 3.63) is 16.6 Å². The Hall–Kier alpha value is -0.660. The van der Waals surface area contributed by atoms with Crippen molar-refractivity contribution in [1.29, 1.82) is 0 Å². The van der Waals surface area contributed by atoms with Crippen molar-refractivity contribution >= 4 is 37.2 Å². The van der Waals surface area contributed by atoms with Crippen LogP contribution in [0.15, 0.2) is 11.6 Å². The number of aromatic nitrogens is 1. The second kappa shape index (κ2) is 3.16. The van der Waals surface area contributed by atoms with Gasteiger partial charge in [0.05, 0.1) is 6.42 Å². The smallest absolute Gasteiger partial charge is 0.274 e. The van der Waals surface area contributed by atoms with Crippen molar-refractivity contribution in [3.8, 4) is 0 Å². The summed E-state index contributed by atoms with van der Waals surface area (Å²) in [4.78, 5) is 15.2. The van der Waals surface area contributed by atoms with Gasteiger partial charge in [-0.3, -0.25) is 4.79 Å². The molecule has 1 fully saturated rings. The number of carbonyl (C=O) groups is 1. The average molecular weight is 267 g/mol. The van der Waals surface area contributed by atoms with Crippen molar-refractivity contribution in [3.63, 3.8) is 0 Å². The van der Waals surface area contributed by atoms with E-state index in [2.05, 4.69) is 4.98 Å². The number of thiazole rings is 1. The summed E-state index contributed by atoms with van der Waals surface area (Å²) in [5.41, 5.74) is -0.911. The van der Waals surface area contributed by atoms with E-state index in [1.165, 1.54) is 11.3 Å². The highest BCUT2D eigenvalue weighted by Gasteiger charge is 2.56. The molecule has 0 bridgehead atoms. The molecule has 1 aromatic rings. The first-order valence-corrected chi connectivity index (χ1v) is 7.18. The quantitative estimate of drug-likeness (QED) is 0.593. The molecular formula is C7H7ClN2O3S2. The van der Waals surface area contributed by atoms with Crippen LogP contribution in [0.4, 0.5) is 0 Å². The van der Waals surface area contributed by atoms with E-state index in [9.17, 15) is 13.2 Å². The minimum Gasteiger partial charge on any atom is -0.274 e. The van der Waals surface area contributed by atoms with Gasteiger partial charge in [0.25, 0.3) is 0 Å². The Morgan fingerprint density at radius 3 is 2.73 bits per heavy atom. The van der Waals surface area contributed by atoms with Crippen LogP contribution in [0, 0.1) is 0 Å². The number of hydrogen-bond donors (Lipinski definition) is 0. The highest BCUT2D eigenvalue weighted by atomic mass is 35.7. The summed E-state index contributed by atoms with van der Waals surface area (Å²) in [7, 11) is 1.16. The molecule has 0 saturated carbocycles. The lowest BCUT2D eigenvalue weighted by Crippen LogP contribution is -2.60. The highest BCUT2D eigenvalue weighted by Crippen LogP contribution is 2.44. The van der Waals surface area contributed by atoms with Crippen LogP contribution in [0.5, 0.6) is 0 Å². The first-order chi connectivity index (χ1) is 6.86. The standard InChI is InChI=1S/C7H7ClN2O3S2/c1-7(6-9-2-3-14-6)4-5(11)10(7)15(8,12)13/h2-3H,4H2,1H3. The summed E-state index contributed by atoms with van der Waals surface area (Å²) in [6.07, 6.45) is 1.68. The topological polar surface area (TPSA) is 67.3 Å². The fraction of sp³-hybridized carbons (Fsp3) is 0.429. The maximum absolute atomic E-state index is 11.2. The van der Waals surface area contributed by atoms with Gasteiger partial charge >= 0.3 is 9.24 Å². The predicted molar refractivity (Wildman–Crippen MR) is 55.7 cm³/mol. The molecule has 0 aromatic carbocycles. The largest absolute Gasteiger partial charge is 0.324 e. The van der Waals surface area contributed by atoms with Crippen LogP contribution in [0.2, 0.25) is 0 Å². The Morgan fingerprint density at radius 1 is 1.67 bits per heavy atom. The summed E-state index contributed by atoms with van der Waals surface area (Å²) in [6, 6.07) is 0. The molecule has 0 radical (unpaired) electrons. The average Bonchev–Trinajstić information content (AvgIpc) is 2.50. The van der Waals surface area contributed by atoms with Gasteiger partial charge < -0.3 is 0 Å². The molecule has 1 aliphatic rings. The first kappa shape index (κ1) is 10.8. The maximum atomic E-state index is 11.2. The van der Waals surface area contributed by atoms with E-state index in [0.29, 0.717) is 9.31 Å². The summed E-state index contributed by atoms with van der Waals surface area (Å²) in [5.74, 6) is -0.497. The lowest BCUT2D eigenvalue weighted by molar-refractivity contribution is -0.144. The first-order valence-electron chi connectivity index (χ1n) is 4.03. The predicted octanol–water partition coefficient (Wildman–Crippen LogP) is 1.07. The van der Waals surface area contributed by atoms with E-state index in [-0.39, 0.29) is 6.42 Å². The van der Waals surface area contributed by atoms with Crippen LogP contribution in [-0.2, 0) is 19.6 Å². The van der Waals surface area contributed by atoms with E-state index in [4.69, 9.17) is 10.7 Å². The molecule has 2 heterocycles. The van der Waals surface area contributed by atoms with Gasteiger partial charge in [-0.2, -0.15) is 8.42 Å². The van der Waals surface area contributed by atoms with Gasteiger partial charge in [0.1, 0.15) is 10.5 Å². The number of β-lactam (4-membered cyclic amide) rings is 1. The molecule has 0 spiro atoms. The molecule has 82 valence electrons. The monoisotopic (exact) mass is 266 g/mol. The van der Waals surface area contributed by atoms with Crippen molar-refractivity contribution in [2.24, 2.45) is 0 Å². The van der Waals surface area contributed by atoms with Crippen molar-refractivity contribution in [2.75, 3.05) is 0 Å². The molecule has 5 nitrogen and oxygen atoms in total. The van der Waals surface area contributed by atoms with Gasteiger partial charge in [0, 0.05) is 22.3 Å². The number of nitrogens with zero attached hydrogens (tertiary/aromatic N) is 2. The molecule has 2 rings (SSSR count). The van der Waals surface area contributed by atoms with E-state index in [1.807, 2.05) is 0 Å². The molecule has 0 N–H and O–H groups in total. The number of halogens is 1. The van der Waals surface area contributed by atoms with Gasteiger partial charge in [-0.15, -0.1) is 11.3 Å². The normalized spacial score (nSPS) is 26.5. The van der Waals surface area contributed by atoms with Gasteiger partial charge in [0.15, 0.2) is 0 Å². The summed E-state index contributed by atoms with van der Waals surface area (Å²) in [5, 5.41) is 2.30. The fourth-order valence-electron chi connectivity index (χ4n) is 1.64. The van der Waals surface area contributed by atoms with Crippen molar-refractivity contribution in [1.82, 2.24) is 9.29 Å². The lowest BCUT2D eigenvalue weighted by atomic mass is 9.90. The molecular weight excluding hydrogens is 260 g/mol. The maximum Gasteiger partial charge on any atom is 0.324 e. The Labute approximate surface area is 95.2 Å². The number of hydrogen-bond acceptors (Lipinski definition) is 5. The van der Waals surface area contributed by atoms with E-state index in [0.717, 1.165) is 0 Å². The lowest BCUT2D eigenvalue weighted by Gasteiger charge is -2.45. The molecule has 1 atom stereocenters. The Morgan fingerprint density at radius 2 is 2.33 bits per heavy atom. The van der Waals surface area contributed by atoms with E-state index < -0.39 is 20.7 Å². The van der Waals surface area contributed by atoms with Crippen molar-refractivity contribution < 1.29 is 13.2 Å². The summed E-state index contributed by atoms with van der Waals surface area (Å²) >= 11 is 1.30. The van der Waals surface area contributed by atoms with Crippen LogP contribution in [0.1, 0.15) is 18.4 Å². The Balaban J connectivity index is 2.44. The molecule has 0 aliphatic carbocycles. The summed E-state index contributed by atoms with van der Waals surface area (Å²) in [6.45, 7) is 1.63. The van der Waals surface area contributed by atoms with Crippen LogP contribution >= 0.6 is 22.0 Å². The van der Waals surface area contributed by atoms with Gasteiger partial charge in [-0.05, 0) is 6.92 Å². The van der Waals surface area contributed by atoms with Crippen LogP contribution < -0.4 is 0 Å². The van der Waals surface area contributed by atoms with Crippen LogP contribution in [-0.4, -0.2) is 23.6 Å². The van der Waals surface area contributed by atoms with Gasteiger partial charge in [0.2, 0.25) is 5.91 Å². The second-order valence-corrected chi connectivity index (χ2v) is 6.64. The summed E-state index contributed by atoms with van der Waals surface area (Å²) < 4.78 is 23.0. The third kappa shape index (κ3) is 1.54. The SMILES string of the molecule is CC1(c2nccs2)CC(=O)N1S(=O)(=O)Cl. The Kier molecular flexibility index (Phi) is 2.29. The van der Waals surface area contributed by atoms with E-state index >= 15 is 0 Å². The van der Waals surface area contributed by atoms with Crippen molar-refractivity contribution in [2.45, 2.75) is 18.9 Å². The number of rotatable bonds is 2. The van der Waals surface area contributed by atoms with Gasteiger partial charge in [-0.25, -0.2) is 9.29 Å². The second-order valence-electron chi connectivity index (χ2n) is 3.39. The highest BCUT2D eigenvalue weighted by molar-refractivity contribution is 8.12. The van der Waals surface area contributed by atoms with Crippen LogP contribution in [0.3, 0.4) is 0 Å². The third-order valence-electron chi connectivity index (χ3n) is 2.28. The fourth-order valence-corrected chi connectivity index (χ4v) is 4.11. The van der Waals surface area contributed by atoms with E-state index in [1.54, 1.807) is 18.5 Å². The molecule has 15 heavy (non-hydrogen) atoms. The zero-order valence-electron chi connectivity index (χ0n) is 7.68. The van der Waals surface area contributed by atoms with Crippen LogP contribution in [0.25, 0.3) is 0 Å². The van der Waals surface area contributed by atoms with Gasteiger partial charge in [-0.1, -0.05) is 0 Å². The molecule has 1 saturated heterocycles. The third-order valence-corrected chi connectivity index (χ3v) is 4.76. The Bertz CT molecular complexity index is 498. The molecule has 1 aliphatic heterocycles. The number of amides is 1. The molecule has 1 unspecified atom stereocenters. The molecule has 8 heteroatoms. The minimum atomic E-state index is -4.03.